The van der Waals surface area contributed by atoms with Gasteiger partial charge in [0.25, 0.3) is 0 Å². The highest BCUT2D eigenvalue weighted by Crippen LogP contribution is 2.29. The van der Waals surface area contributed by atoms with Gasteiger partial charge >= 0.3 is 0 Å². The van der Waals surface area contributed by atoms with Crippen molar-refractivity contribution in [3.63, 3.8) is 0 Å². The first kappa shape index (κ1) is 19.4. The Balaban J connectivity index is 1.34. The number of carbonyl (C=O) groups excluding carboxylic acids is 2. The molecule has 0 N–H and O–H groups in total. The molecule has 4 rings (SSSR count). The summed E-state index contributed by atoms with van der Waals surface area (Å²) < 4.78 is 0. The van der Waals surface area contributed by atoms with E-state index in [9.17, 15) is 9.59 Å². The highest BCUT2D eigenvalue weighted by Gasteiger charge is 2.34. The van der Waals surface area contributed by atoms with Crippen molar-refractivity contribution in [3.05, 3.63) is 29.8 Å². The van der Waals surface area contributed by atoms with Crippen LogP contribution in [0.4, 0.5) is 5.69 Å². The molecule has 1 aromatic carbocycles. The van der Waals surface area contributed by atoms with Crippen LogP contribution in [0.2, 0.25) is 0 Å². The van der Waals surface area contributed by atoms with E-state index in [1.165, 1.54) is 12.0 Å². The molecule has 1 aromatic rings. The Labute approximate surface area is 168 Å². The largest absolute Gasteiger partial charge is 0.342 e. The zero-order valence-corrected chi connectivity index (χ0v) is 17.1. The maximum atomic E-state index is 13.2. The zero-order chi connectivity index (χ0) is 19.5. The first-order valence-corrected chi connectivity index (χ1v) is 11.1. The standard InChI is InChI=1S/C23H33N3O2/c1-18(22(27)26-15-7-9-19-8-3-4-10-21(19)26)24-16-11-20(12-17-24)23(28)25-13-5-2-6-14-25/h3-4,8,10,18,20H,2,5-7,9,11-17H2,1H3. The minimum absolute atomic E-state index is 0.128. The molecular weight excluding hydrogens is 350 g/mol. The number of aryl methyl sites for hydroxylation is 1. The Kier molecular flexibility index (Phi) is 6.00. The highest BCUT2D eigenvalue weighted by atomic mass is 16.2. The first-order chi connectivity index (χ1) is 13.6. The average molecular weight is 384 g/mol. The Morgan fingerprint density at radius 3 is 2.39 bits per heavy atom. The second-order valence-electron chi connectivity index (χ2n) is 8.59. The van der Waals surface area contributed by atoms with E-state index in [1.54, 1.807) is 0 Å². The van der Waals surface area contributed by atoms with E-state index < -0.39 is 0 Å². The van der Waals surface area contributed by atoms with Crippen LogP contribution in [-0.4, -0.2) is 60.4 Å². The maximum absolute atomic E-state index is 13.2. The molecule has 3 aliphatic heterocycles. The molecule has 2 fully saturated rings. The third kappa shape index (κ3) is 3.95. The summed E-state index contributed by atoms with van der Waals surface area (Å²) in [6.07, 6.45) is 7.38. The summed E-state index contributed by atoms with van der Waals surface area (Å²) in [4.78, 5) is 32.3. The van der Waals surface area contributed by atoms with Crippen molar-refractivity contribution in [2.75, 3.05) is 37.6 Å². The average Bonchev–Trinajstić information content (AvgIpc) is 2.78. The molecule has 1 unspecified atom stereocenters. The summed E-state index contributed by atoms with van der Waals surface area (Å²) >= 11 is 0. The first-order valence-electron chi connectivity index (χ1n) is 11.1. The van der Waals surface area contributed by atoms with E-state index in [-0.39, 0.29) is 17.9 Å². The van der Waals surface area contributed by atoms with Crippen molar-refractivity contribution in [1.82, 2.24) is 9.80 Å². The minimum atomic E-state index is -0.128. The molecule has 0 aromatic heterocycles. The summed E-state index contributed by atoms with van der Waals surface area (Å²) in [6.45, 7) is 6.39. The van der Waals surface area contributed by atoms with Crippen molar-refractivity contribution in [1.29, 1.82) is 0 Å². The Morgan fingerprint density at radius 2 is 1.64 bits per heavy atom. The lowest BCUT2D eigenvalue weighted by atomic mass is 9.93. The van der Waals surface area contributed by atoms with E-state index in [1.807, 2.05) is 17.9 Å². The molecule has 0 radical (unpaired) electrons. The summed E-state index contributed by atoms with van der Waals surface area (Å²) in [5, 5.41) is 0. The summed E-state index contributed by atoms with van der Waals surface area (Å²) in [5.41, 5.74) is 2.36. The summed E-state index contributed by atoms with van der Waals surface area (Å²) in [7, 11) is 0. The van der Waals surface area contributed by atoms with Crippen LogP contribution in [0.5, 0.6) is 0 Å². The molecule has 0 bridgehead atoms. The molecule has 3 aliphatic rings. The highest BCUT2D eigenvalue weighted by molar-refractivity contribution is 5.98. The number of benzene rings is 1. The number of rotatable bonds is 3. The minimum Gasteiger partial charge on any atom is -0.342 e. The second-order valence-corrected chi connectivity index (χ2v) is 8.59. The fourth-order valence-corrected chi connectivity index (χ4v) is 5.05. The van der Waals surface area contributed by atoms with Gasteiger partial charge in [-0.2, -0.15) is 0 Å². The molecule has 2 amide bonds. The van der Waals surface area contributed by atoms with Crippen LogP contribution in [0, 0.1) is 5.92 Å². The van der Waals surface area contributed by atoms with E-state index >= 15 is 0 Å². The molecular formula is C23H33N3O2. The lowest BCUT2D eigenvalue weighted by Crippen LogP contribution is -2.52. The predicted octanol–water partition coefficient (Wildman–Crippen LogP) is 3.08. The molecule has 0 saturated carbocycles. The fourth-order valence-electron chi connectivity index (χ4n) is 5.05. The number of piperidine rings is 2. The molecule has 5 heteroatoms. The number of fused-ring (bicyclic) bond motifs is 1. The number of nitrogens with zero attached hydrogens (tertiary/aromatic N) is 3. The smallest absolute Gasteiger partial charge is 0.244 e. The monoisotopic (exact) mass is 383 g/mol. The zero-order valence-electron chi connectivity index (χ0n) is 17.1. The topological polar surface area (TPSA) is 43.9 Å². The Morgan fingerprint density at radius 1 is 0.929 bits per heavy atom. The van der Waals surface area contributed by atoms with E-state index in [2.05, 4.69) is 28.0 Å². The van der Waals surface area contributed by atoms with Gasteiger partial charge in [0.15, 0.2) is 0 Å². The molecule has 0 aliphatic carbocycles. The molecule has 3 heterocycles. The van der Waals surface area contributed by atoms with Crippen molar-refractivity contribution in [2.24, 2.45) is 5.92 Å². The van der Waals surface area contributed by atoms with Crippen LogP contribution >= 0.6 is 0 Å². The number of hydrogen-bond acceptors (Lipinski definition) is 3. The lowest BCUT2D eigenvalue weighted by Gasteiger charge is -2.39. The van der Waals surface area contributed by atoms with Gasteiger partial charge in [-0.05, 0) is 76.6 Å². The van der Waals surface area contributed by atoms with Crippen LogP contribution in [-0.2, 0) is 16.0 Å². The lowest BCUT2D eigenvalue weighted by molar-refractivity contribution is -0.138. The SMILES string of the molecule is CC(C(=O)N1CCCc2ccccc21)N1CCC(C(=O)N2CCCCC2)CC1. The fraction of sp³-hybridized carbons (Fsp3) is 0.652. The van der Waals surface area contributed by atoms with Crippen LogP contribution in [0.25, 0.3) is 0 Å². The molecule has 1 atom stereocenters. The van der Waals surface area contributed by atoms with Crippen LogP contribution in [0.3, 0.4) is 0 Å². The van der Waals surface area contributed by atoms with Crippen LogP contribution < -0.4 is 4.90 Å². The van der Waals surface area contributed by atoms with Crippen molar-refractivity contribution in [3.8, 4) is 0 Å². The maximum Gasteiger partial charge on any atom is 0.244 e. The molecule has 5 nitrogen and oxygen atoms in total. The van der Waals surface area contributed by atoms with Gasteiger partial charge in [0, 0.05) is 31.2 Å². The number of amides is 2. The van der Waals surface area contributed by atoms with Crippen molar-refractivity contribution < 1.29 is 9.59 Å². The van der Waals surface area contributed by atoms with Gasteiger partial charge in [0.2, 0.25) is 11.8 Å². The molecule has 0 spiro atoms. The normalized spacial score (nSPS) is 22.6. The van der Waals surface area contributed by atoms with Gasteiger partial charge in [-0.3, -0.25) is 14.5 Å². The Bertz CT molecular complexity index is 706. The predicted molar refractivity (Wildman–Crippen MR) is 111 cm³/mol. The number of carbonyl (C=O) groups is 2. The summed E-state index contributed by atoms with van der Waals surface area (Å²) in [6, 6.07) is 8.16. The molecule has 2 saturated heterocycles. The third-order valence-electron chi connectivity index (χ3n) is 6.83. The number of likely N-dealkylation sites (tertiary alicyclic amines) is 2. The van der Waals surface area contributed by atoms with Crippen LogP contribution in [0.1, 0.15) is 51.0 Å². The van der Waals surface area contributed by atoms with Gasteiger partial charge in [-0.15, -0.1) is 0 Å². The van der Waals surface area contributed by atoms with Gasteiger partial charge in [0.05, 0.1) is 6.04 Å². The van der Waals surface area contributed by atoms with Crippen molar-refractivity contribution in [2.45, 2.75) is 57.9 Å². The number of hydrogen-bond donors (Lipinski definition) is 0. The third-order valence-corrected chi connectivity index (χ3v) is 6.83. The van der Waals surface area contributed by atoms with Gasteiger partial charge < -0.3 is 9.80 Å². The van der Waals surface area contributed by atoms with E-state index in [4.69, 9.17) is 0 Å². The van der Waals surface area contributed by atoms with E-state index in [0.717, 1.165) is 76.9 Å². The second kappa shape index (κ2) is 8.64. The number of anilines is 1. The van der Waals surface area contributed by atoms with Crippen LogP contribution in [0.15, 0.2) is 24.3 Å². The van der Waals surface area contributed by atoms with Crippen molar-refractivity contribution >= 4 is 17.5 Å². The van der Waals surface area contributed by atoms with Gasteiger partial charge in [0.1, 0.15) is 0 Å². The molecule has 152 valence electrons. The summed E-state index contributed by atoms with van der Waals surface area (Å²) in [5.74, 6) is 0.698. The number of para-hydroxylation sites is 1. The Hall–Kier alpha value is -1.88. The quantitative estimate of drug-likeness (QED) is 0.806. The van der Waals surface area contributed by atoms with Gasteiger partial charge in [-0.1, -0.05) is 18.2 Å². The van der Waals surface area contributed by atoms with Gasteiger partial charge in [-0.25, -0.2) is 0 Å². The van der Waals surface area contributed by atoms with E-state index in [0.29, 0.717) is 5.91 Å². The molecule has 28 heavy (non-hydrogen) atoms.